The van der Waals surface area contributed by atoms with Gasteiger partial charge in [-0.05, 0) is 18.3 Å². The molecule has 0 aromatic carbocycles. The molecule has 1 aliphatic carbocycles. The molecule has 0 aromatic heterocycles. The number of hydrogen-bond acceptors (Lipinski definition) is 1. The first kappa shape index (κ1) is 9.98. The van der Waals surface area contributed by atoms with Gasteiger partial charge in [-0.3, -0.25) is 0 Å². The molecule has 1 rings (SSSR count). The van der Waals surface area contributed by atoms with Crippen LogP contribution in [0, 0.1) is 17.2 Å². The molecule has 0 bridgehead atoms. The van der Waals surface area contributed by atoms with Crippen molar-refractivity contribution in [1.82, 2.24) is 0 Å². The van der Waals surface area contributed by atoms with E-state index in [4.69, 9.17) is 5.39 Å². The van der Waals surface area contributed by atoms with Gasteiger partial charge in [0, 0.05) is 17.7 Å². The molecule has 1 fully saturated rings. The Labute approximate surface area is 82.5 Å². The zero-order valence-corrected chi connectivity index (χ0v) is 9.29. The summed E-state index contributed by atoms with van der Waals surface area (Å²) >= 11 is 3.67. The van der Waals surface area contributed by atoms with Crippen molar-refractivity contribution in [1.29, 1.82) is 5.39 Å². The smallest absolute Gasteiger partial charge is 0.0884 e. The van der Waals surface area contributed by atoms with E-state index in [0.29, 0.717) is 4.83 Å². The van der Waals surface area contributed by atoms with Crippen molar-refractivity contribution in [3.63, 3.8) is 0 Å². The molecule has 1 saturated carbocycles. The van der Waals surface area contributed by atoms with Crippen molar-refractivity contribution in [2.24, 2.45) is 11.8 Å². The van der Waals surface area contributed by atoms with E-state index in [1.165, 1.54) is 6.42 Å². The summed E-state index contributed by atoms with van der Waals surface area (Å²) in [6.45, 7) is 4.52. The third kappa shape index (κ3) is 2.20. The fourth-order valence-corrected chi connectivity index (χ4v) is 3.28. The van der Waals surface area contributed by atoms with Crippen LogP contribution >= 0.6 is 15.9 Å². The number of diazo groups is 1. The van der Waals surface area contributed by atoms with Crippen LogP contribution in [0.25, 0.3) is 4.98 Å². The van der Waals surface area contributed by atoms with Crippen LogP contribution in [0.2, 0.25) is 0 Å². The van der Waals surface area contributed by atoms with Gasteiger partial charge in [-0.25, -0.2) is 0 Å². The van der Waals surface area contributed by atoms with E-state index < -0.39 is 0 Å². The molecular formula is C9H16BrN2+. The van der Waals surface area contributed by atoms with Gasteiger partial charge in [0.2, 0.25) is 5.39 Å². The summed E-state index contributed by atoms with van der Waals surface area (Å²) in [6.07, 6.45) is 3.21. The third-order valence-corrected chi connectivity index (χ3v) is 3.87. The summed E-state index contributed by atoms with van der Waals surface area (Å²) in [5, 5.41) is 8.64. The molecule has 0 amide bonds. The van der Waals surface area contributed by atoms with Crippen LogP contribution in [0.4, 0.5) is 0 Å². The van der Waals surface area contributed by atoms with Crippen molar-refractivity contribution in [2.75, 3.05) is 0 Å². The number of alkyl halides is 1. The molecule has 68 valence electrons. The second kappa shape index (κ2) is 4.23. The Morgan fingerprint density at radius 3 is 2.50 bits per heavy atom. The Morgan fingerprint density at radius 1 is 1.42 bits per heavy atom. The zero-order chi connectivity index (χ0) is 9.14. The topological polar surface area (TPSA) is 28.1 Å². The Kier molecular flexibility index (Phi) is 3.52. The summed E-state index contributed by atoms with van der Waals surface area (Å²) in [4.78, 5) is 3.90. The Hall–Kier alpha value is -0.100. The van der Waals surface area contributed by atoms with Crippen LogP contribution in [0.3, 0.4) is 0 Å². The summed E-state index contributed by atoms with van der Waals surface area (Å²) in [5.74, 6) is 1.48. The molecule has 12 heavy (non-hydrogen) atoms. The Bertz CT molecular complexity index is 185. The monoisotopic (exact) mass is 231 g/mol. The van der Waals surface area contributed by atoms with Crippen LogP contribution in [0.1, 0.15) is 33.1 Å². The fourth-order valence-electron chi connectivity index (χ4n) is 1.97. The summed E-state index contributed by atoms with van der Waals surface area (Å²) in [7, 11) is 0. The molecule has 3 unspecified atom stereocenters. The second-order valence-electron chi connectivity index (χ2n) is 4.01. The highest BCUT2D eigenvalue weighted by atomic mass is 79.9. The van der Waals surface area contributed by atoms with Crippen molar-refractivity contribution in [2.45, 2.75) is 44.0 Å². The zero-order valence-electron chi connectivity index (χ0n) is 7.70. The van der Waals surface area contributed by atoms with E-state index in [1.807, 2.05) is 0 Å². The van der Waals surface area contributed by atoms with Gasteiger partial charge in [-0.15, -0.1) is 0 Å². The largest absolute Gasteiger partial charge is 0.315 e. The normalized spacial score (nSPS) is 36.4. The molecule has 1 aliphatic rings. The Morgan fingerprint density at radius 2 is 2.08 bits per heavy atom. The van der Waals surface area contributed by atoms with Crippen molar-refractivity contribution in [3.8, 4) is 0 Å². The standard InChI is InChI=1S/C9H16BrN2/c1-6(2)8-4-3-7(12-11)5-9(8)10/h6-9H,3-5H2,1-2H3/q+1. The van der Waals surface area contributed by atoms with E-state index >= 15 is 0 Å². The first-order valence-corrected chi connectivity index (χ1v) is 5.55. The Balaban J connectivity index is 2.49. The molecule has 0 N–H and O–H groups in total. The van der Waals surface area contributed by atoms with E-state index in [1.54, 1.807) is 0 Å². The molecule has 0 radical (unpaired) electrons. The van der Waals surface area contributed by atoms with Gasteiger partial charge >= 0.3 is 6.04 Å². The molecule has 0 saturated heterocycles. The fraction of sp³-hybridized carbons (Fsp3) is 1.00. The van der Waals surface area contributed by atoms with Crippen molar-refractivity contribution >= 4 is 15.9 Å². The summed E-state index contributed by atoms with van der Waals surface area (Å²) < 4.78 is 0. The quantitative estimate of drug-likeness (QED) is 0.502. The molecular weight excluding hydrogens is 216 g/mol. The summed E-state index contributed by atoms with van der Waals surface area (Å²) in [5.41, 5.74) is 0. The summed E-state index contributed by atoms with van der Waals surface area (Å²) in [6, 6.07) is 0.171. The first-order chi connectivity index (χ1) is 5.65. The van der Waals surface area contributed by atoms with E-state index in [9.17, 15) is 0 Å². The van der Waals surface area contributed by atoms with Crippen LogP contribution in [-0.2, 0) is 0 Å². The first-order valence-electron chi connectivity index (χ1n) is 4.63. The SMILES string of the molecule is CC(C)C1CCC([N+]#N)CC1Br. The van der Waals surface area contributed by atoms with Gasteiger partial charge in [-0.2, -0.15) is 0 Å². The average molecular weight is 232 g/mol. The lowest BCUT2D eigenvalue weighted by Gasteiger charge is -2.29. The number of hydrogen-bond donors (Lipinski definition) is 0. The lowest BCUT2D eigenvalue weighted by atomic mass is 9.80. The molecule has 2 nitrogen and oxygen atoms in total. The van der Waals surface area contributed by atoms with Gasteiger partial charge in [0.1, 0.15) is 4.98 Å². The maximum Gasteiger partial charge on any atom is 0.315 e. The highest BCUT2D eigenvalue weighted by Gasteiger charge is 2.36. The molecule has 0 spiro atoms. The van der Waals surface area contributed by atoms with Crippen molar-refractivity contribution < 1.29 is 0 Å². The minimum atomic E-state index is 0.171. The number of nitrogens with zero attached hydrogens (tertiary/aromatic N) is 2. The van der Waals surface area contributed by atoms with Gasteiger partial charge in [0.05, 0.1) is 0 Å². The number of halogens is 1. The van der Waals surface area contributed by atoms with Crippen molar-refractivity contribution in [3.05, 3.63) is 4.98 Å². The van der Waals surface area contributed by atoms with Crippen LogP contribution < -0.4 is 0 Å². The molecule has 3 heteroatoms. The van der Waals surface area contributed by atoms with Crippen LogP contribution in [0.5, 0.6) is 0 Å². The maximum atomic E-state index is 8.64. The lowest BCUT2D eigenvalue weighted by molar-refractivity contribution is 0.285. The van der Waals surface area contributed by atoms with Crippen LogP contribution in [0.15, 0.2) is 0 Å². The maximum absolute atomic E-state index is 8.64. The molecule has 3 atom stereocenters. The van der Waals surface area contributed by atoms with Gasteiger partial charge in [-0.1, -0.05) is 29.8 Å². The molecule has 0 aliphatic heterocycles. The molecule has 0 aromatic rings. The average Bonchev–Trinajstić information content (AvgIpc) is 2.03. The highest BCUT2D eigenvalue weighted by molar-refractivity contribution is 9.09. The predicted octanol–water partition coefficient (Wildman–Crippen LogP) is 3.43. The second-order valence-corrected chi connectivity index (χ2v) is 5.18. The van der Waals surface area contributed by atoms with E-state index in [2.05, 4.69) is 34.8 Å². The van der Waals surface area contributed by atoms with Crippen LogP contribution in [-0.4, -0.2) is 10.9 Å². The minimum absolute atomic E-state index is 0.171. The van der Waals surface area contributed by atoms with E-state index in [-0.39, 0.29) is 6.04 Å². The minimum Gasteiger partial charge on any atom is -0.0884 e. The predicted molar refractivity (Wildman–Crippen MR) is 53.8 cm³/mol. The highest BCUT2D eigenvalue weighted by Crippen LogP contribution is 2.35. The number of rotatable bonds is 1. The van der Waals surface area contributed by atoms with E-state index in [0.717, 1.165) is 24.7 Å². The lowest BCUT2D eigenvalue weighted by Crippen LogP contribution is -2.29. The van der Waals surface area contributed by atoms with Gasteiger partial charge < -0.3 is 0 Å². The van der Waals surface area contributed by atoms with Gasteiger partial charge in [0.15, 0.2) is 0 Å². The molecule has 0 heterocycles. The van der Waals surface area contributed by atoms with Gasteiger partial charge in [0.25, 0.3) is 0 Å². The third-order valence-electron chi connectivity index (χ3n) is 2.81.